The Bertz CT molecular complexity index is 678. The third-order valence-corrected chi connectivity index (χ3v) is 6.40. The van der Waals surface area contributed by atoms with Gasteiger partial charge in [-0.25, -0.2) is 4.68 Å². The molecule has 7 nitrogen and oxygen atoms in total. The first-order valence-electron chi connectivity index (χ1n) is 9.56. The molecular weight excluding hydrogens is 352 g/mol. The molecule has 4 rings (SSSR count). The molecule has 1 unspecified atom stereocenters. The molecule has 142 valence electrons. The number of rotatable bonds is 6. The molecule has 3 aliphatic rings. The van der Waals surface area contributed by atoms with Gasteiger partial charge in [-0.1, -0.05) is 12.8 Å². The maximum absolute atomic E-state index is 12.6. The summed E-state index contributed by atoms with van der Waals surface area (Å²) in [5.74, 6) is 2.47. The van der Waals surface area contributed by atoms with Crippen LogP contribution >= 0.6 is 11.8 Å². The van der Waals surface area contributed by atoms with E-state index in [0.717, 1.165) is 67.9 Å². The van der Waals surface area contributed by atoms with E-state index >= 15 is 0 Å². The minimum atomic E-state index is -0.0920. The molecule has 1 atom stereocenters. The fourth-order valence-electron chi connectivity index (χ4n) is 3.95. The van der Waals surface area contributed by atoms with Gasteiger partial charge in [-0.2, -0.15) is 16.9 Å². The lowest BCUT2D eigenvalue weighted by Gasteiger charge is -2.15. The molecule has 0 aromatic carbocycles. The number of hydrogen-bond acceptors (Lipinski definition) is 5. The first-order chi connectivity index (χ1) is 12.7. The van der Waals surface area contributed by atoms with Crippen LogP contribution in [-0.4, -0.2) is 40.9 Å². The number of carbonyl (C=O) groups is 2. The zero-order valence-electron chi connectivity index (χ0n) is 15.0. The largest absolute Gasteiger partial charge is 0.376 e. The van der Waals surface area contributed by atoms with Crippen molar-refractivity contribution in [3.63, 3.8) is 0 Å². The van der Waals surface area contributed by atoms with Gasteiger partial charge < -0.3 is 15.4 Å². The summed E-state index contributed by atoms with van der Waals surface area (Å²) in [6.45, 7) is 1.45. The van der Waals surface area contributed by atoms with E-state index in [2.05, 4.69) is 15.7 Å². The Kier molecular flexibility index (Phi) is 5.49. The minimum Gasteiger partial charge on any atom is -0.376 e. The number of nitrogens with zero attached hydrogens (tertiary/aromatic N) is 2. The SMILES string of the molecule is O=C(Cn1nc2c(c1NC(=O)C1CCCC1)CSC2)NCC1CCCO1. The molecule has 1 aromatic heterocycles. The standard InChI is InChI=1S/C18H26N4O3S/c23-16(19-8-13-6-3-7-25-13)9-22-17(14-10-26-11-15(14)21-22)20-18(24)12-4-1-2-5-12/h12-13H,1-11H2,(H,19,23)(H,20,24). The molecule has 8 heteroatoms. The van der Waals surface area contributed by atoms with Crippen LogP contribution < -0.4 is 10.6 Å². The maximum Gasteiger partial charge on any atom is 0.241 e. The molecule has 2 N–H and O–H groups in total. The predicted molar refractivity (Wildman–Crippen MR) is 99.8 cm³/mol. The molecule has 1 saturated heterocycles. The van der Waals surface area contributed by atoms with Crippen molar-refractivity contribution < 1.29 is 14.3 Å². The predicted octanol–water partition coefficient (Wildman–Crippen LogP) is 2.05. The van der Waals surface area contributed by atoms with Gasteiger partial charge in [-0.05, 0) is 25.7 Å². The minimum absolute atomic E-state index is 0.0723. The van der Waals surface area contributed by atoms with Crippen LogP contribution in [0.25, 0.3) is 0 Å². The molecule has 1 saturated carbocycles. The summed E-state index contributed by atoms with van der Waals surface area (Å²) in [5.41, 5.74) is 2.07. The molecular formula is C18H26N4O3S. The van der Waals surface area contributed by atoms with Crippen LogP contribution in [0.2, 0.25) is 0 Å². The van der Waals surface area contributed by atoms with E-state index in [9.17, 15) is 9.59 Å². The van der Waals surface area contributed by atoms with Crippen molar-refractivity contribution in [1.82, 2.24) is 15.1 Å². The number of thioether (sulfide) groups is 1. The highest BCUT2D eigenvalue weighted by Crippen LogP contribution is 2.35. The molecule has 0 spiro atoms. The van der Waals surface area contributed by atoms with E-state index in [1.165, 1.54) is 0 Å². The summed E-state index contributed by atoms with van der Waals surface area (Å²) in [6.07, 6.45) is 6.34. The lowest BCUT2D eigenvalue weighted by atomic mass is 10.1. The lowest BCUT2D eigenvalue weighted by Crippen LogP contribution is -2.35. The van der Waals surface area contributed by atoms with Gasteiger partial charge >= 0.3 is 0 Å². The second kappa shape index (κ2) is 8.00. The highest BCUT2D eigenvalue weighted by molar-refractivity contribution is 7.98. The van der Waals surface area contributed by atoms with E-state index in [1.54, 1.807) is 16.4 Å². The average Bonchev–Trinajstić information content (AvgIpc) is 3.40. The Morgan fingerprint density at radius 3 is 2.81 bits per heavy atom. The van der Waals surface area contributed by atoms with Crippen molar-refractivity contribution in [3.8, 4) is 0 Å². The number of fused-ring (bicyclic) bond motifs is 1. The molecule has 2 amide bonds. The lowest BCUT2D eigenvalue weighted by molar-refractivity contribution is -0.122. The first kappa shape index (κ1) is 17.9. The summed E-state index contributed by atoms with van der Waals surface area (Å²) in [6, 6.07) is 0. The van der Waals surface area contributed by atoms with Crippen LogP contribution in [0.4, 0.5) is 5.82 Å². The summed E-state index contributed by atoms with van der Waals surface area (Å²) < 4.78 is 7.21. The van der Waals surface area contributed by atoms with Crippen LogP contribution in [-0.2, 0) is 32.4 Å². The second-order valence-corrected chi connectivity index (χ2v) is 8.32. The van der Waals surface area contributed by atoms with Gasteiger partial charge in [0.15, 0.2) is 0 Å². The van der Waals surface area contributed by atoms with Crippen molar-refractivity contribution in [1.29, 1.82) is 0 Å². The van der Waals surface area contributed by atoms with Crippen molar-refractivity contribution in [2.75, 3.05) is 18.5 Å². The summed E-state index contributed by atoms with van der Waals surface area (Å²) >= 11 is 1.79. The number of anilines is 1. The molecule has 1 aromatic rings. The van der Waals surface area contributed by atoms with Gasteiger partial charge in [0.05, 0.1) is 11.8 Å². The quantitative estimate of drug-likeness (QED) is 0.791. The normalized spacial score (nSPS) is 22.5. The fourth-order valence-corrected chi connectivity index (χ4v) is 4.99. The number of amides is 2. The zero-order chi connectivity index (χ0) is 17.9. The van der Waals surface area contributed by atoms with Crippen LogP contribution in [0.5, 0.6) is 0 Å². The molecule has 0 radical (unpaired) electrons. The Morgan fingerprint density at radius 1 is 1.19 bits per heavy atom. The molecule has 2 fully saturated rings. The number of aromatic nitrogens is 2. The first-order valence-corrected chi connectivity index (χ1v) is 10.7. The van der Waals surface area contributed by atoms with Crippen LogP contribution in [0.3, 0.4) is 0 Å². The van der Waals surface area contributed by atoms with Crippen molar-refractivity contribution in [3.05, 3.63) is 11.3 Å². The molecule has 1 aliphatic carbocycles. The smallest absolute Gasteiger partial charge is 0.241 e. The van der Waals surface area contributed by atoms with Gasteiger partial charge in [0.1, 0.15) is 12.4 Å². The zero-order valence-corrected chi connectivity index (χ0v) is 15.8. The van der Waals surface area contributed by atoms with Crippen LogP contribution in [0.1, 0.15) is 49.8 Å². The Labute approximate surface area is 157 Å². The maximum atomic E-state index is 12.6. The fraction of sp³-hybridized carbons (Fsp3) is 0.722. The van der Waals surface area contributed by atoms with Gasteiger partial charge in [0.2, 0.25) is 11.8 Å². The van der Waals surface area contributed by atoms with Gasteiger partial charge in [0, 0.05) is 36.1 Å². The average molecular weight is 378 g/mol. The molecule has 3 heterocycles. The second-order valence-electron chi connectivity index (χ2n) is 7.33. The summed E-state index contributed by atoms with van der Waals surface area (Å²) in [5, 5.41) is 10.6. The van der Waals surface area contributed by atoms with Crippen LogP contribution in [0, 0.1) is 5.92 Å². The van der Waals surface area contributed by atoms with Crippen molar-refractivity contribution >= 4 is 29.4 Å². The Morgan fingerprint density at radius 2 is 2.04 bits per heavy atom. The monoisotopic (exact) mass is 378 g/mol. The van der Waals surface area contributed by atoms with Crippen molar-refractivity contribution in [2.24, 2.45) is 5.92 Å². The number of ether oxygens (including phenoxy) is 1. The molecule has 0 bridgehead atoms. The number of carbonyl (C=O) groups excluding carboxylic acids is 2. The van der Waals surface area contributed by atoms with Gasteiger partial charge in [-0.3, -0.25) is 9.59 Å². The highest BCUT2D eigenvalue weighted by atomic mass is 32.2. The number of hydrogen-bond donors (Lipinski definition) is 2. The van der Waals surface area contributed by atoms with Crippen LogP contribution in [0.15, 0.2) is 0 Å². The molecule has 26 heavy (non-hydrogen) atoms. The third kappa shape index (κ3) is 3.91. The van der Waals surface area contributed by atoms with E-state index in [-0.39, 0.29) is 30.4 Å². The van der Waals surface area contributed by atoms with E-state index in [1.807, 2.05) is 0 Å². The van der Waals surface area contributed by atoms with Gasteiger partial charge in [-0.15, -0.1) is 0 Å². The summed E-state index contributed by atoms with van der Waals surface area (Å²) in [7, 11) is 0. The van der Waals surface area contributed by atoms with Gasteiger partial charge in [0.25, 0.3) is 0 Å². The van der Waals surface area contributed by atoms with E-state index < -0.39 is 0 Å². The van der Waals surface area contributed by atoms with Crippen molar-refractivity contribution in [2.45, 2.75) is 62.7 Å². The number of nitrogens with one attached hydrogen (secondary N) is 2. The molecule has 2 aliphatic heterocycles. The Hall–Kier alpha value is -1.54. The topological polar surface area (TPSA) is 85.2 Å². The summed E-state index contributed by atoms with van der Waals surface area (Å²) in [4.78, 5) is 24.9. The Balaban J connectivity index is 1.41. The van der Waals surface area contributed by atoms with E-state index in [4.69, 9.17) is 4.74 Å². The van der Waals surface area contributed by atoms with E-state index in [0.29, 0.717) is 12.4 Å². The highest BCUT2D eigenvalue weighted by Gasteiger charge is 2.28. The third-order valence-electron chi connectivity index (χ3n) is 5.43.